The summed E-state index contributed by atoms with van der Waals surface area (Å²) in [7, 11) is 0. The third-order valence-electron chi connectivity index (χ3n) is 4.26. The minimum Gasteiger partial charge on any atom is -0.302 e. The van der Waals surface area contributed by atoms with Crippen LogP contribution in [0, 0.1) is 0 Å². The fourth-order valence-corrected chi connectivity index (χ4v) is 5.88. The second-order valence-corrected chi connectivity index (χ2v) is 9.16. The smallest absolute Gasteiger partial charge is 0.125 e. The molecule has 3 aromatic rings. The minimum absolute atomic E-state index is 0.0245. The van der Waals surface area contributed by atoms with Crippen molar-refractivity contribution in [2.24, 2.45) is 0 Å². The molecule has 1 aliphatic rings. The first-order valence-corrected chi connectivity index (χ1v) is 9.31. The van der Waals surface area contributed by atoms with Crippen LogP contribution in [0.1, 0.15) is 38.1 Å². The van der Waals surface area contributed by atoms with Crippen molar-refractivity contribution in [1.82, 2.24) is 10.3 Å². The quantitative estimate of drug-likeness (QED) is 0.665. The number of hydrogen-bond acceptors (Lipinski definition) is 4. The third-order valence-corrected chi connectivity index (χ3v) is 6.67. The highest BCUT2D eigenvalue weighted by Crippen LogP contribution is 2.44. The van der Waals surface area contributed by atoms with Gasteiger partial charge in [-0.15, -0.1) is 22.7 Å². The van der Waals surface area contributed by atoms with Crippen molar-refractivity contribution >= 4 is 32.9 Å². The van der Waals surface area contributed by atoms with E-state index in [0.29, 0.717) is 0 Å². The molecule has 0 aliphatic carbocycles. The van der Waals surface area contributed by atoms with Gasteiger partial charge in [0.05, 0.1) is 10.2 Å². The second-order valence-electron chi connectivity index (χ2n) is 7.25. The van der Waals surface area contributed by atoms with Crippen LogP contribution in [0.25, 0.3) is 20.8 Å². The minimum atomic E-state index is 0.0245. The molecule has 0 saturated heterocycles. The summed E-state index contributed by atoms with van der Waals surface area (Å²) in [6.07, 6.45) is 1.06. The molecule has 3 heterocycles. The van der Waals surface area contributed by atoms with Crippen LogP contribution < -0.4 is 5.32 Å². The molecule has 0 saturated carbocycles. The van der Waals surface area contributed by atoms with Gasteiger partial charge in [-0.3, -0.25) is 0 Å². The maximum absolute atomic E-state index is 4.86. The molecule has 2 aromatic heterocycles. The van der Waals surface area contributed by atoms with Gasteiger partial charge in [0.1, 0.15) is 5.01 Å². The molecule has 0 unspecified atom stereocenters. The van der Waals surface area contributed by atoms with Crippen molar-refractivity contribution in [2.75, 3.05) is 0 Å². The largest absolute Gasteiger partial charge is 0.302 e. The Kier molecular flexibility index (Phi) is 3.03. The molecule has 114 valence electrons. The van der Waals surface area contributed by atoms with E-state index in [1.165, 1.54) is 20.7 Å². The lowest BCUT2D eigenvalue weighted by Crippen LogP contribution is -2.54. The van der Waals surface area contributed by atoms with E-state index in [4.69, 9.17) is 4.98 Å². The fourth-order valence-electron chi connectivity index (χ4n) is 3.64. The maximum Gasteiger partial charge on any atom is 0.125 e. The number of hydrogen-bond donors (Lipinski definition) is 1. The Labute approximate surface area is 139 Å². The van der Waals surface area contributed by atoms with Crippen molar-refractivity contribution < 1.29 is 0 Å². The van der Waals surface area contributed by atoms with E-state index in [0.717, 1.165) is 16.9 Å². The molecular formula is C18H20N2S2. The summed E-state index contributed by atoms with van der Waals surface area (Å²) in [5.41, 5.74) is 4.07. The van der Waals surface area contributed by atoms with Gasteiger partial charge >= 0.3 is 0 Å². The lowest BCUT2D eigenvalue weighted by Gasteiger charge is -2.42. The Hall–Kier alpha value is -1.23. The van der Waals surface area contributed by atoms with E-state index in [1.54, 1.807) is 11.3 Å². The zero-order chi connectivity index (χ0) is 15.5. The Bertz CT molecular complexity index is 822. The number of benzene rings is 1. The van der Waals surface area contributed by atoms with E-state index in [2.05, 4.69) is 62.7 Å². The molecule has 22 heavy (non-hydrogen) atoms. The van der Waals surface area contributed by atoms with Crippen molar-refractivity contribution in [3.05, 3.63) is 40.1 Å². The van der Waals surface area contributed by atoms with E-state index >= 15 is 0 Å². The van der Waals surface area contributed by atoms with Gasteiger partial charge < -0.3 is 5.32 Å². The highest BCUT2D eigenvalue weighted by atomic mass is 32.1. The SMILES string of the molecule is CC1(C)Cc2c(-c3nc4ccccc4s3)csc2C(C)(C)N1. The monoisotopic (exact) mass is 328 g/mol. The van der Waals surface area contributed by atoms with Crippen molar-refractivity contribution in [1.29, 1.82) is 0 Å². The van der Waals surface area contributed by atoms with E-state index in [1.807, 2.05) is 11.3 Å². The Balaban J connectivity index is 1.89. The molecule has 1 N–H and O–H groups in total. The first-order chi connectivity index (χ1) is 10.4. The van der Waals surface area contributed by atoms with Crippen LogP contribution in [0.3, 0.4) is 0 Å². The summed E-state index contributed by atoms with van der Waals surface area (Å²) < 4.78 is 1.27. The molecule has 0 bridgehead atoms. The van der Waals surface area contributed by atoms with Crippen LogP contribution in [0.2, 0.25) is 0 Å². The van der Waals surface area contributed by atoms with Gasteiger partial charge in [0, 0.05) is 26.9 Å². The molecule has 0 fully saturated rings. The molecule has 0 spiro atoms. The number of para-hydroxylation sites is 1. The number of rotatable bonds is 1. The Morgan fingerprint density at radius 3 is 2.68 bits per heavy atom. The average molecular weight is 329 g/mol. The Morgan fingerprint density at radius 2 is 1.91 bits per heavy atom. The van der Waals surface area contributed by atoms with E-state index < -0.39 is 0 Å². The molecular weight excluding hydrogens is 308 g/mol. The average Bonchev–Trinajstić information content (AvgIpc) is 2.99. The van der Waals surface area contributed by atoms with Gasteiger partial charge in [-0.1, -0.05) is 12.1 Å². The summed E-state index contributed by atoms with van der Waals surface area (Å²) in [4.78, 5) is 6.32. The van der Waals surface area contributed by atoms with Crippen LogP contribution >= 0.6 is 22.7 Å². The van der Waals surface area contributed by atoms with Crippen LogP contribution in [-0.4, -0.2) is 10.5 Å². The van der Waals surface area contributed by atoms with Gasteiger partial charge in [0.15, 0.2) is 0 Å². The zero-order valence-corrected chi connectivity index (χ0v) is 15.0. The van der Waals surface area contributed by atoms with Crippen molar-refractivity contribution in [2.45, 2.75) is 45.2 Å². The molecule has 1 aromatic carbocycles. The lowest BCUT2D eigenvalue weighted by molar-refractivity contribution is 0.247. The number of aromatic nitrogens is 1. The first-order valence-electron chi connectivity index (χ1n) is 7.62. The molecule has 1 aliphatic heterocycles. The molecule has 0 radical (unpaired) electrons. The molecule has 0 amide bonds. The predicted octanol–water partition coefficient (Wildman–Crippen LogP) is 5.18. The number of thiophene rings is 1. The summed E-state index contributed by atoms with van der Waals surface area (Å²) in [6.45, 7) is 9.14. The second kappa shape index (κ2) is 4.63. The molecule has 4 rings (SSSR count). The van der Waals surface area contributed by atoms with Gasteiger partial charge in [0.2, 0.25) is 0 Å². The zero-order valence-electron chi connectivity index (χ0n) is 13.4. The summed E-state index contributed by atoms with van der Waals surface area (Å²) >= 11 is 3.67. The van der Waals surface area contributed by atoms with Gasteiger partial charge in [-0.05, 0) is 51.8 Å². The van der Waals surface area contributed by atoms with Crippen LogP contribution in [0.5, 0.6) is 0 Å². The first kappa shape index (κ1) is 14.4. The molecule has 2 nitrogen and oxygen atoms in total. The topological polar surface area (TPSA) is 24.9 Å². The van der Waals surface area contributed by atoms with Gasteiger partial charge in [0.25, 0.3) is 0 Å². The lowest BCUT2D eigenvalue weighted by atomic mass is 9.81. The summed E-state index contributed by atoms with van der Waals surface area (Å²) in [6, 6.07) is 8.41. The van der Waals surface area contributed by atoms with Crippen molar-refractivity contribution in [3.63, 3.8) is 0 Å². The summed E-state index contributed by atoms with van der Waals surface area (Å²) in [5.74, 6) is 0. The van der Waals surface area contributed by atoms with E-state index in [-0.39, 0.29) is 11.1 Å². The Morgan fingerprint density at radius 1 is 1.14 bits per heavy atom. The number of thiazole rings is 1. The van der Waals surface area contributed by atoms with Crippen LogP contribution in [0.4, 0.5) is 0 Å². The standard InChI is InChI=1S/C18H20N2S2/c1-17(2)9-11-12(10-21-15(11)18(3,4)20-17)16-19-13-7-5-6-8-14(13)22-16/h5-8,10,20H,9H2,1-4H3. The highest BCUT2D eigenvalue weighted by Gasteiger charge is 2.39. The summed E-state index contributed by atoms with van der Waals surface area (Å²) in [5, 5.41) is 7.23. The van der Waals surface area contributed by atoms with Gasteiger partial charge in [-0.2, -0.15) is 0 Å². The van der Waals surface area contributed by atoms with Crippen LogP contribution in [-0.2, 0) is 12.0 Å². The number of nitrogens with one attached hydrogen (secondary N) is 1. The molecule has 0 atom stereocenters. The van der Waals surface area contributed by atoms with Crippen LogP contribution in [0.15, 0.2) is 29.6 Å². The fraction of sp³-hybridized carbons (Fsp3) is 0.389. The van der Waals surface area contributed by atoms with Crippen molar-refractivity contribution in [3.8, 4) is 10.6 Å². The highest BCUT2D eigenvalue weighted by molar-refractivity contribution is 7.22. The maximum atomic E-state index is 4.86. The molecule has 4 heteroatoms. The number of nitrogens with zero attached hydrogens (tertiary/aromatic N) is 1. The van der Waals surface area contributed by atoms with E-state index in [9.17, 15) is 0 Å². The predicted molar refractivity (Wildman–Crippen MR) is 96.9 cm³/mol. The normalized spacial score (nSPS) is 19.3. The number of fused-ring (bicyclic) bond motifs is 2. The third kappa shape index (κ3) is 2.21. The van der Waals surface area contributed by atoms with Gasteiger partial charge in [-0.25, -0.2) is 4.98 Å².